The summed E-state index contributed by atoms with van der Waals surface area (Å²) in [5, 5.41) is 2.81. The number of hydrogen-bond donors (Lipinski definition) is 1. The average molecular weight is 429 g/mol. The van der Waals surface area contributed by atoms with Crippen molar-refractivity contribution in [3.8, 4) is 0 Å². The maximum atomic E-state index is 13.1. The molecule has 0 aliphatic carbocycles. The van der Waals surface area contributed by atoms with Gasteiger partial charge in [0.05, 0.1) is 11.3 Å². The smallest absolute Gasteiger partial charge is 0.250 e. The van der Waals surface area contributed by atoms with E-state index in [-0.39, 0.29) is 23.1 Å². The summed E-state index contributed by atoms with van der Waals surface area (Å²) in [7, 11) is -3.53. The number of amidine groups is 1. The molecule has 0 spiro atoms. The molecule has 3 aliphatic heterocycles. The fourth-order valence-corrected chi connectivity index (χ4v) is 5.43. The van der Waals surface area contributed by atoms with Crippen LogP contribution in [0, 0.1) is 0 Å². The largest absolute Gasteiger partial charge is 0.324 e. The summed E-state index contributed by atoms with van der Waals surface area (Å²) in [5.41, 5.74) is -0.666. The van der Waals surface area contributed by atoms with Crippen molar-refractivity contribution in [2.45, 2.75) is 43.0 Å². The van der Waals surface area contributed by atoms with Gasteiger partial charge < -0.3 is 10.2 Å². The Bertz CT molecular complexity index is 1050. The zero-order valence-corrected chi connectivity index (χ0v) is 17.6. The first kappa shape index (κ1) is 20.5. The summed E-state index contributed by atoms with van der Waals surface area (Å²) in [5.74, 6) is -0.300. The summed E-state index contributed by atoms with van der Waals surface area (Å²) in [6, 6.07) is 6.15. The van der Waals surface area contributed by atoms with Gasteiger partial charge in [-0.3, -0.25) is 9.59 Å². The Labute approximate surface area is 176 Å². The van der Waals surface area contributed by atoms with Crippen molar-refractivity contribution in [1.29, 1.82) is 0 Å². The molecule has 1 aromatic carbocycles. The maximum Gasteiger partial charge on any atom is 0.250 e. The molecular formula is C21H24N4O4S. The topological polar surface area (TPSA) is 99.2 Å². The van der Waals surface area contributed by atoms with Crippen LogP contribution in [0.2, 0.25) is 0 Å². The SMILES string of the molecule is CC1(C(=O)Nc2ccc(S(=O)(=O)N3CCCCC3)cc2)CC(=O)N=C2C=CC=CN21. The fourth-order valence-electron chi connectivity index (χ4n) is 3.91. The van der Waals surface area contributed by atoms with Crippen LogP contribution in [0.1, 0.15) is 32.6 Å². The van der Waals surface area contributed by atoms with Gasteiger partial charge in [-0.1, -0.05) is 12.5 Å². The van der Waals surface area contributed by atoms with Gasteiger partial charge in [-0.15, -0.1) is 0 Å². The van der Waals surface area contributed by atoms with Crippen molar-refractivity contribution >= 4 is 33.4 Å². The molecule has 1 saturated heterocycles. The van der Waals surface area contributed by atoms with Gasteiger partial charge in [0.25, 0.3) is 11.8 Å². The monoisotopic (exact) mass is 428 g/mol. The van der Waals surface area contributed by atoms with Crippen LogP contribution in [-0.4, -0.2) is 53.9 Å². The zero-order chi connectivity index (χ0) is 21.4. The molecular weight excluding hydrogens is 404 g/mol. The van der Waals surface area contributed by atoms with E-state index < -0.39 is 15.6 Å². The Balaban J connectivity index is 1.51. The lowest BCUT2D eigenvalue weighted by Crippen LogP contribution is -2.58. The summed E-state index contributed by atoms with van der Waals surface area (Å²) in [6.07, 6.45) is 9.68. The first-order valence-corrected chi connectivity index (χ1v) is 11.4. The van der Waals surface area contributed by atoms with E-state index in [1.165, 1.54) is 16.4 Å². The van der Waals surface area contributed by atoms with Gasteiger partial charge in [-0.05, 0) is 56.2 Å². The van der Waals surface area contributed by atoms with Crippen LogP contribution in [0.4, 0.5) is 5.69 Å². The zero-order valence-electron chi connectivity index (χ0n) is 16.7. The number of nitrogens with one attached hydrogen (secondary N) is 1. The van der Waals surface area contributed by atoms with Crippen LogP contribution >= 0.6 is 0 Å². The number of allylic oxidation sites excluding steroid dienone is 2. The minimum Gasteiger partial charge on any atom is -0.324 e. The van der Waals surface area contributed by atoms with Gasteiger partial charge in [-0.2, -0.15) is 9.30 Å². The van der Waals surface area contributed by atoms with Crippen LogP contribution in [-0.2, 0) is 19.6 Å². The second kappa shape index (κ2) is 7.81. The van der Waals surface area contributed by atoms with E-state index in [0.717, 1.165) is 19.3 Å². The minimum absolute atomic E-state index is 0.0536. The number of aliphatic imine (C=N–C) groups is 1. The van der Waals surface area contributed by atoms with Gasteiger partial charge >= 0.3 is 0 Å². The number of benzene rings is 1. The lowest BCUT2D eigenvalue weighted by Gasteiger charge is -2.41. The molecule has 0 saturated carbocycles. The second-order valence-electron chi connectivity index (χ2n) is 7.83. The molecule has 2 amide bonds. The molecule has 1 fully saturated rings. The number of anilines is 1. The van der Waals surface area contributed by atoms with Crippen LogP contribution in [0.3, 0.4) is 0 Å². The molecule has 1 aromatic rings. The quantitative estimate of drug-likeness (QED) is 0.793. The molecule has 30 heavy (non-hydrogen) atoms. The predicted molar refractivity (Wildman–Crippen MR) is 113 cm³/mol. The van der Waals surface area contributed by atoms with E-state index >= 15 is 0 Å². The van der Waals surface area contributed by atoms with E-state index in [2.05, 4.69) is 10.3 Å². The third-order valence-electron chi connectivity index (χ3n) is 5.66. The van der Waals surface area contributed by atoms with Gasteiger partial charge in [0, 0.05) is 25.0 Å². The van der Waals surface area contributed by atoms with Gasteiger partial charge in [0.15, 0.2) is 0 Å². The molecule has 158 valence electrons. The Morgan fingerprint density at radius 1 is 1.10 bits per heavy atom. The number of carbonyl (C=O) groups excluding carboxylic acids is 2. The normalized spacial score (nSPS) is 24.4. The van der Waals surface area contributed by atoms with E-state index in [9.17, 15) is 18.0 Å². The third kappa shape index (κ3) is 3.70. The van der Waals surface area contributed by atoms with E-state index in [0.29, 0.717) is 24.6 Å². The minimum atomic E-state index is -3.53. The van der Waals surface area contributed by atoms with Crippen molar-refractivity contribution in [3.05, 3.63) is 48.7 Å². The second-order valence-corrected chi connectivity index (χ2v) is 9.77. The van der Waals surface area contributed by atoms with Crippen LogP contribution in [0.5, 0.6) is 0 Å². The molecule has 3 heterocycles. The van der Waals surface area contributed by atoms with Crippen LogP contribution in [0.25, 0.3) is 0 Å². The highest BCUT2D eigenvalue weighted by atomic mass is 32.2. The van der Waals surface area contributed by atoms with Crippen molar-refractivity contribution in [3.63, 3.8) is 0 Å². The standard InChI is InChI=1S/C21H24N4O4S/c1-21(15-19(26)23-18-7-3-6-14-25(18)21)20(27)22-16-8-10-17(11-9-16)30(28,29)24-12-4-2-5-13-24/h3,6-11,14H,2,4-5,12-13,15H2,1H3,(H,22,27). The van der Waals surface area contributed by atoms with E-state index in [1.54, 1.807) is 48.4 Å². The van der Waals surface area contributed by atoms with E-state index in [4.69, 9.17) is 0 Å². The van der Waals surface area contributed by atoms with Gasteiger partial charge in [0.2, 0.25) is 10.0 Å². The van der Waals surface area contributed by atoms with Gasteiger partial charge in [-0.25, -0.2) is 8.42 Å². The molecule has 1 atom stereocenters. The average Bonchev–Trinajstić information content (AvgIpc) is 2.74. The first-order valence-electron chi connectivity index (χ1n) is 9.98. The number of hydrogen-bond acceptors (Lipinski definition) is 5. The molecule has 4 rings (SSSR count). The Hall–Kier alpha value is -2.78. The molecule has 0 aromatic heterocycles. The summed E-state index contributed by atoms with van der Waals surface area (Å²) in [4.78, 5) is 31.0. The van der Waals surface area contributed by atoms with Crippen molar-refractivity contribution in [2.24, 2.45) is 4.99 Å². The lowest BCUT2D eigenvalue weighted by molar-refractivity contribution is -0.130. The Kier molecular flexibility index (Phi) is 5.33. The highest BCUT2D eigenvalue weighted by molar-refractivity contribution is 7.89. The summed E-state index contributed by atoms with van der Waals surface area (Å²) in [6.45, 7) is 2.76. The van der Waals surface area contributed by atoms with Crippen molar-refractivity contribution < 1.29 is 18.0 Å². The molecule has 9 heteroatoms. The maximum absolute atomic E-state index is 13.1. The highest BCUT2D eigenvalue weighted by Crippen LogP contribution is 2.30. The molecule has 1 N–H and O–H groups in total. The van der Waals surface area contributed by atoms with Gasteiger partial charge in [0.1, 0.15) is 11.4 Å². The summed E-state index contributed by atoms with van der Waals surface area (Å²) < 4.78 is 27.1. The third-order valence-corrected chi connectivity index (χ3v) is 7.57. The Morgan fingerprint density at radius 3 is 2.50 bits per heavy atom. The van der Waals surface area contributed by atoms with Crippen molar-refractivity contribution in [2.75, 3.05) is 18.4 Å². The Morgan fingerprint density at radius 2 is 1.80 bits per heavy atom. The first-order chi connectivity index (χ1) is 14.3. The number of amides is 2. The fraction of sp³-hybridized carbons (Fsp3) is 0.381. The number of piperidine rings is 1. The molecule has 8 nitrogen and oxygen atoms in total. The predicted octanol–water partition coefficient (Wildman–Crippen LogP) is 2.27. The number of rotatable bonds is 4. The van der Waals surface area contributed by atoms with E-state index in [1.807, 2.05) is 0 Å². The van der Waals surface area contributed by atoms with Crippen molar-refractivity contribution in [1.82, 2.24) is 9.21 Å². The highest BCUT2D eigenvalue weighted by Gasteiger charge is 2.45. The number of nitrogens with zero attached hydrogens (tertiary/aromatic N) is 3. The number of fused-ring (bicyclic) bond motifs is 1. The summed E-state index contributed by atoms with van der Waals surface area (Å²) >= 11 is 0. The van der Waals surface area contributed by atoms with Crippen LogP contribution < -0.4 is 5.32 Å². The molecule has 0 bridgehead atoms. The molecule has 0 radical (unpaired) electrons. The van der Waals surface area contributed by atoms with Crippen LogP contribution in [0.15, 0.2) is 58.6 Å². The molecule has 3 aliphatic rings. The number of sulfonamides is 1. The lowest BCUT2D eigenvalue weighted by atomic mass is 9.91. The molecule has 1 unspecified atom stereocenters. The number of carbonyl (C=O) groups is 2.